The van der Waals surface area contributed by atoms with E-state index in [1.807, 2.05) is 54.7 Å². The molecule has 6 heteroatoms. The van der Waals surface area contributed by atoms with E-state index in [4.69, 9.17) is 19.4 Å². The molecule has 0 saturated heterocycles. The number of hydrogen-bond acceptors (Lipinski definition) is 5. The second-order valence-corrected chi connectivity index (χ2v) is 13.9. The highest BCUT2D eigenvalue weighted by Gasteiger charge is 2.20. The fourth-order valence-corrected chi connectivity index (χ4v) is 7.83. The number of hydrogen-bond donors (Lipinski definition) is 0. The SMILES string of the molecule is c1ccc(-c2nc(-c3ccc(-c4cccnc4)cc3)nc(-c3ccc(-c4ccc5c(c4)c4c6oc7ccccc7c6ccc4n5-c4ccccc4)cc3)n2)cc1. The van der Waals surface area contributed by atoms with Gasteiger partial charge in [-0.15, -0.1) is 0 Å². The Morgan fingerprint density at radius 2 is 0.946 bits per heavy atom. The van der Waals surface area contributed by atoms with Crippen molar-refractivity contribution in [1.29, 1.82) is 0 Å². The van der Waals surface area contributed by atoms with E-state index in [9.17, 15) is 0 Å². The molecule has 0 aliphatic heterocycles. The van der Waals surface area contributed by atoms with Gasteiger partial charge in [0.1, 0.15) is 11.2 Å². The lowest BCUT2D eigenvalue weighted by Crippen LogP contribution is -2.00. The first-order chi connectivity index (χ1) is 27.7. The molecule has 4 aromatic heterocycles. The van der Waals surface area contributed by atoms with Crippen molar-refractivity contribution in [2.45, 2.75) is 0 Å². The number of benzene rings is 7. The van der Waals surface area contributed by atoms with Crippen LogP contribution in [0.4, 0.5) is 0 Å². The molecule has 262 valence electrons. The highest BCUT2D eigenvalue weighted by Crippen LogP contribution is 2.42. The van der Waals surface area contributed by atoms with E-state index >= 15 is 0 Å². The Morgan fingerprint density at radius 3 is 1.62 bits per heavy atom. The molecule has 0 atom stereocenters. The molecular weight excluding hydrogens is 687 g/mol. The van der Waals surface area contributed by atoms with E-state index in [2.05, 4.69) is 137 Å². The van der Waals surface area contributed by atoms with Gasteiger partial charge in [0.25, 0.3) is 0 Å². The van der Waals surface area contributed by atoms with Crippen molar-refractivity contribution in [1.82, 2.24) is 24.5 Å². The van der Waals surface area contributed by atoms with Crippen molar-refractivity contribution >= 4 is 43.7 Å². The van der Waals surface area contributed by atoms with Gasteiger partial charge in [-0.25, -0.2) is 15.0 Å². The molecule has 0 fully saturated rings. The van der Waals surface area contributed by atoms with Crippen molar-refractivity contribution < 1.29 is 4.42 Å². The summed E-state index contributed by atoms with van der Waals surface area (Å²) >= 11 is 0. The Balaban J connectivity index is 1.02. The third kappa shape index (κ3) is 5.35. The summed E-state index contributed by atoms with van der Waals surface area (Å²) in [5, 5.41) is 4.48. The number of rotatable bonds is 6. The van der Waals surface area contributed by atoms with Crippen LogP contribution in [0.3, 0.4) is 0 Å². The maximum absolute atomic E-state index is 6.61. The lowest BCUT2D eigenvalue weighted by molar-refractivity contribution is 0.673. The van der Waals surface area contributed by atoms with Gasteiger partial charge in [-0.1, -0.05) is 127 Å². The third-order valence-corrected chi connectivity index (χ3v) is 10.6. The summed E-state index contributed by atoms with van der Waals surface area (Å²) in [5.41, 5.74) is 12.2. The number of furan rings is 1. The zero-order valence-corrected chi connectivity index (χ0v) is 30.0. The Bertz CT molecular complexity index is 3210. The maximum Gasteiger partial charge on any atom is 0.164 e. The van der Waals surface area contributed by atoms with Crippen LogP contribution >= 0.6 is 0 Å². The molecule has 0 radical (unpaired) electrons. The molecule has 11 aromatic rings. The van der Waals surface area contributed by atoms with Gasteiger partial charge in [0.05, 0.1) is 16.4 Å². The Hall–Kier alpha value is -7.70. The van der Waals surface area contributed by atoms with Crippen molar-refractivity contribution in [2.75, 3.05) is 0 Å². The summed E-state index contributed by atoms with van der Waals surface area (Å²) in [5.74, 6) is 1.86. The summed E-state index contributed by atoms with van der Waals surface area (Å²) in [7, 11) is 0. The van der Waals surface area contributed by atoms with Gasteiger partial charge in [-0.2, -0.15) is 0 Å². The molecule has 0 aliphatic rings. The van der Waals surface area contributed by atoms with Crippen LogP contribution in [0.2, 0.25) is 0 Å². The van der Waals surface area contributed by atoms with Crippen LogP contribution in [-0.4, -0.2) is 24.5 Å². The molecule has 6 nitrogen and oxygen atoms in total. The largest absolute Gasteiger partial charge is 0.455 e. The molecule has 0 N–H and O–H groups in total. The first-order valence-electron chi connectivity index (χ1n) is 18.6. The summed E-state index contributed by atoms with van der Waals surface area (Å²) in [4.78, 5) is 19.2. The van der Waals surface area contributed by atoms with E-state index in [1.165, 1.54) is 0 Å². The quantitative estimate of drug-likeness (QED) is 0.171. The smallest absolute Gasteiger partial charge is 0.164 e. The monoisotopic (exact) mass is 717 g/mol. The molecule has 0 saturated carbocycles. The standard InChI is InChI=1S/C50H31N5O/c1-3-10-34(11-4-1)48-52-49(54-50(53-48)36-23-19-33(20-24-36)38-12-9-29-51-31-38)35-21-17-32(18-22-35)37-25-27-43-42(30-37)46-44(55(43)39-13-5-2-6-14-39)28-26-41-40-15-7-8-16-45(40)56-47(41)46/h1-31H. The average Bonchev–Trinajstić information content (AvgIpc) is 3.83. The minimum absolute atomic E-state index is 0.616. The molecule has 0 aliphatic carbocycles. The second kappa shape index (κ2) is 13.0. The van der Waals surface area contributed by atoms with E-state index in [0.29, 0.717) is 17.5 Å². The van der Waals surface area contributed by atoms with Crippen molar-refractivity contribution in [3.8, 4) is 62.1 Å². The van der Waals surface area contributed by atoms with E-state index in [1.54, 1.807) is 6.20 Å². The first kappa shape index (κ1) is 31.8. The summed E-state index contributed by atoms with van der Waals surface area (Å²) in [6.45, 7) is 0. The van der Waals surface area contributed by atoms with E-state index in [0.717, 1.165) is 88.4 Å². The number of para-hydroxylation sites is 2. The lowest BCUT2D eigenvalue weighted by atomic mass is 10.0. The number of nitrogens with zero attached hydrogens (tertiary/aromatic N) is 5. The van der Waals surface area contributed by atoms with Gasteiger partial charge < -0.3 is 8.98 Å². The van der Waals surface area contributed by atoms with Crippen LogP contribution in [0.1, 0.15) is 0 Å². The average molecular weight is 718 g/mol. The zero-order chi connectivity index (χ0) is 37.0. The predicted octanol–water partition coefficient (Wildman–Crippen LogP) is 12.6. The van der Waals surface area contributed by atoms with Gasteiger partial charge in [-0.05, 0) is 70.8 Å². The summed E-state index contributed by atoms with van der Waals surface area (Å²) < 4.78 is 8.94. The van der Waals surface area contributed by atoms with Crippen LogP contribution in [-0.2, 0) is 0 Å². The van der Waals surface area contributed by atoms with Gasteiger partial charge in [0.15, 0.2) is 17.5 Å². The third-order valence-electron chi connectivity index (χ3n) is 10.6. The molecule has 0 unspecified atom stereocenters. The summed E-state index contributed by atoms with van der Waals surface area (Å²) in [6.07, 6.45) is 3.65. The molecule has 4 heterocycles. The molecular formula is C50H31N5O. The van der Waals surface area contributed by atoms with Gasteiger partial charge >= 0.3 is 0 Å². The van der Waals surface area contributed by atoms with Crippen molar-refractivity contribution in [3.05, 3.63) is 188 Å². The number of fused-ring (bicyclic) bond motifs is 7. The minimum atomic E-state index is 0.616. The minimum Gasteiger partial charge on any atom is -0.455 e. The highest BCUT2D eigenvalue weighted by molar-refractivity contribution is 6.24. The van der Waals surface area contributed by atoms with E-state index in [-0.39, 0.29) is 0 Å². The Morgan fingerprint density at radius 1 is 0.393 bits per heavy atom. The predicted molar refractivity (Wildman–Crippen MR) is 226 cm³/mol. The molecule has 0 bridgehead atoms. The number of aromatic nitrogens is 5. The second-order valence-electron chi connectivity index (χ2n) is 13.9. The van der Waals surface area contributed by atoms with Gasteiger partial charge in [0.2, 0.25) is 0 Å². The maximum atomic E-state index is 6.61. The molecule has 0 amide bonds. The zero-order valence-electron chi connectivity index (χ0n) is 30.0. The fourth-order valence-electron chi connectivity index (χ4n) is 7.83. The fraction of sp³-hybridized carbons (Fsp3) is 0. The van der Waals surface area contributed by atoms with Crippen LogP contribution < -0.4 is 0 Å². The topological polar surface area (TPSA) is 69.6 Å². The van der Waals surface area contributed by atoms with Crippen LogP contribution in [0, 0.1) is 0 Å². The van der Waals surface area contributed by atoms with Crippen LogP contribution in [0.25, 0.3) is 106 Å². The summed E-state index contributed by atoms with van der Waals surface area (Å²) in [6, 6.07) is 60.8. The molecule has 7 aromatic carbocycles. The highest BCUT2D eigenvalue weighted by atomic mass is 16.3. The van der Waals surface area contributed by atoms with Gasteiger partial charge in [0, 0.05) is 50.9 Å². The molecule has 56 heavy (non-hydrogen) atoms. The van der Waals surface area contributed by atoms with Gasteiger partial charge in [-0.3, -0.25) is 4.98 Å². The van der Waals surface area contributed by atoms with Crippen molar-refractivity contribution in [3.63, 3.8) is 0 Å². The first-order valence-corrected chi connectivity index (χ1v) is 18.6. The van der Waals surface area contributed by atoms with Crippen molar-refractivity contribution in [2.24, 2.45) is 0 Å². The normalized spacial score (nSPS) is 11.6. The van der Waals surface area contributed by atoms with E-state index < -0.39 is 0 Å². The Labute approximate surface area is 322 Å². The lowest BCUT2D eigenvalue weighted by Gasteiger charge is -2.10. The van der Waals surface area contributed by atoms with Crippen LogP contribution in [0.5, 0.6) is 0 Å². The molecule has 11 rings (SSSR count). The van der Waals surface area contributed by atoms with Crippen LogP contribution in [0.15, 0.2) is 193 Å². The molecule has 0 spiro atoms. The number of pyridine rings is 1. The Kier molecular flexibility index (Phi) is 7.38.